The zero-order chi connectivity index (χ0) is 12.3. The number of ether oxygens (including phenoxy) is 1. The van der Waals surface area contributed by atoms with Crippen molar-refractivity contribution in [3.63, 3.8) is 0 Å². The normalized spacial score (nSPS) is 9.71. The lowest BCUT2D eigenvalue weighted by atomic mass is 10.2. The minimum absolute atomic E-state index is 0.130. The Kier molecular flexibility index (Phi) is 3.35. The molecule has 0 spiro atoms. The molecule has 0 fully saturated rings. The lowest BCUT2D eigenvalue weighted by Crippen LogP contribution is -1.93. The van der Waals surface area contributed by atoms with Crippen LogP contribution in [0.15, 0.2) is 41.0 Å². The number of pyridine rings is 1. The second-order valence-corrected chi connectivity index (χ2v) is 3.94. The predicted octanol–water partition coefficient (Wildman–Crippen LogP) is 3.65. The maximum absolute atomic E-state index is 13.3. The summed E-state index contributed by atoms with van der Waals surface area (Å²) in [5, 5.41) is 8.83. The van der Waals surface area contributed by atoms with Crippen molar-refractivity contribution >= 4 is 15.9 Å². The molecule has 0 saturated carbocycles. The summed E-state index contributed by atoms with van der Waals surface area (Å²) in [6.07, 6.45) is 0. The van der Waals surface area contributed by atoms with E-state index in [-0.39, 0.29) is 11.3 Å². The Morgan fingerprint density at radius 1 is 1.24 bits per heavy atom. The Labute approximate surface area is 106 Å². The molecule has 84 valence electrons. The van der Waals surface area contributed by atoms with E-state index in [1.54, 1.807) is 24.3 Å². The standard InChI is InChI=1S/C12H6BrFN2O/c13-11-5-2-6-12(16-11)17-10-4-1-3-9(14)8(10)7-15/h1-6H. The summed E-state index contributed by atoms with van der Waals surface area (Å²) >= 11 is 3.20. The smallest absolute Gasteiger partial charge is 0.220 e. The van der Waals surface area contributed by atoms with E-state index < -0.39 is 5.82 Å². The van der Waals surface area contributed by atoms with Crippen LogP contribution in [0.3, 0.4) is 0 Å². The topological polar surface area (TPSA) is 45.9 Å². The fourth-order valence-electron chi connectivity index (χ4n) is 1.26. The summed E-state index contributed by atoms with van der Waals surface area (Å²) < 4.78 is 19.3. The third-order valence-corrected chi connectivity index (χ3v) is 2.43. The fourth-order valence-corrected chi connectivity index (χ4v) is 1.58. The molecule has 0 saturated heterocycles. The second kappa shape index (κ2) is 4.93. The summed E-state index contributed by atoms with van der Waals surface area (Å²) in [5.74, 6) is -0.167. The van der Waals surface area contributed by atoms with Gasteiger partial charge in [0, 0.05) is 6.07 Å². The van der Waals surface area contributed by atoms with Crippen LogP contribution in [-0.4, -0.2) is 4.98 Å². The van der Waals surface area contributed by atoms with Crippen molar-refractivity contribution in [2.45, 2.75) is 0 Å². The van der Waals surface area contributed by atoms with Crippen molar-refractivity contribution in [3.05, 3.63) is 52.4 Å². The third kappa shape index (κ3) is 2.60. The highest BCUT2D eigenvalue weighted by atomic mass is 79.9. The Bertz CT molecular complexity index is 595. The van der Waals surface area contributed by atoms with Crippen molar-refractivity contribution in [2.24, 2.45) is 0 Å². The molecule has 0 amide bonds. The van der Waals surface area contributed by atoms with Gasteiger partial charge >= 0.3 is 0 Å². The van der Waals surface area contributed by atoms with Crippen LogP contribution in [0.1, 0.15) is 5.56 Å². The Morgan fingerprint density at radius 2 is 2.00 bits per heavy atom. The molecular formula is C12H6BrFN2O. The van der Waals surface area contributed by atoms with Crippen LogP contribution in [0.25, 0.3) is 0 Å². The molecule has 2 aromatic rings. The highest BCUT2D eigenvalue weighted by Crippen LogP contribution is 2.26. The third-order valence-electron chi connectivity index (χ3n) is 1.99. The predicted molar refractivity (Wildman–Crippen MR) is 63.1 cm³/mol. The number of hydrogen-bond donors (Lipinski definition) is 0. The van der Waals surface area contributed by atoms with Crippen molar-refractivity contribution in [1.29, 1.82) is 5.26 Å². The van der Waals surface area contributed by atoms with Gasteiger partial charge in [-0.3, -0.25) is 0 Å². The molecule has 1 heterocycles. The monoisotopic (exact) mass is 292 g/mol. The average molecular weight is 293 g/mol. The summed E-state index contributed by atoms with van der Waals surface area (Å²) in [6, 6.07) is 11.1. The van der Waals surface area contributed by atoms with Gasteiger partial charge in [-0.05, 0) is 34.1 Å². The lowest BCUT2D eigenvalue weighted by Gasteiger charge is -2.06. The van der Waals surface area contributed by atoms with Crippen LogP contribution in [0.5, 0.6) is 11.6 Å². The molecule has 0 bridgehead atoms. The minimum atomic E-state index is -0.611. The van der Waals surface area contributed by atoms with E-state index >= 15 is 0 Å². The number of hydrogen-bond acceptors (Lipinski definition) is 3. The largest absolute Gasteiger partial charge is 0.438 e. The van der Waals surface area contributed by atoms with E-state index in [2.05, 4.69) is 20.9 Å². The first-order valence-corrected chi connectivity index (χ1v) is 5.49. The van der Waals surface area contributed by atoms with Gasteiger partial charge in [0.1, 0.15) is 27.8 Å². The molecule has 0 aliphatic carbocycles. The number of nitriles is 1. The lowest BCUT2D eigenvalue weighted by molar-refractivity contribution is 0.455. The van der Waals surface area contributed by atoms with Crippen molar-refractivity contribution in [1.82, 2.24) is 4.98 Å². The molecule has 0 N–H and O–H groups in total. The molecule has 5 heteroatoms. The summed E-state index contributed by atoms with van der Waals surface area (Å²) in [4.78, 5) is 4.04. The van der Waals surface area contributed by atoms with Gasteiger partial charge in [-0.25, -0.2) is 9.37 Å². The fraction of sp³-hybridized carbons (Fsp3) is 0. The average Bonchev–Trinajstić information content (AvgIpc) is 2.29. The van der Waals surface area contributed by atoms with Crippen molar-refractivity contribution in [2.75, 3.05) is 0 Å². The van der Waals surface area contributed by atoms with Gasteiger partial charge in [-0.1, -0.05) is 12.1 Å². The zero-order valence-corrected chi connectivity index (χ0v) is 10.1. The first-order chi connectivity index (χ1) is 8.20. The van der Waals surface area contributed by atoms with E-state index in [1.807, 2.05) is 0 Å². The van der Waals surface area contributed by atoms with Crippen LogP contribution >= 0.6 is 15.9 Å². The van der Waals surface area contributed by atoms with Gasteiger partial charge in [0.15, 0.2) is 0 Å². The van der Waals surface area contributed by atoms with E-state index in [4.69, 9.17) is 10.00 Å². The number of rotatable bonds is 2. The maximum atomic E-state index is 13.3. The van der Waals surface area contributed by atoms with Gasteiger partial charge in [0.25, 0.3) is 0 Å². The number of halogens is 2. The number of benzene rings is 1. The second-order valence-electron chi connectivity index (χ2n) is 3.13. The molecule has 0 atom stereocenters. The van der Waals surface area contributed by atoms with Gasteiger partial charge in [-0.2, -0.15) is 5.26 Å². The molecule has 1 aromatic heterocycles. The van der Waals surface area contributed by atoms with Gasteiger partial charge < -0.3 is 4.74 Å². The molecule has 1 aromatic carbocycles. The molecule has 0 aliphatic rings. The highest BCUT2D eigenvalue weighted by molar-refractivity contribution is 9.10. The van der Waals surface area contributed by atoms with E-state index in [9.17, 15) is 4.39 Å². The first-order valence-electron chi connectivity index (χ1n) is 4.70. The van der Waals surface area contributed by atoms with Crippen molar-refractivity contribution < 1.29 is 9.13 Å². The van der Waals surface area contributed by atoms with E-state index in [1.165, 1.54) is 18.2 Å². The van der Waals surface area contributed by atoms with Crippen LogP contribution in [-0.2, 0) is 0 Å². The van der Waals surface area contributed by atoms with Gasteiger partial charge in [-0.15, -0.1) is 0 Å². The van der Waals surface area contributed by atoms with E-state index in [0.717, 1.165) is 0 Å². The van der Waals surface area contributed by atoms with Crippen LogP contribution < -0.4 is 4.74 Å². The Morgan fingerprint density at radius 3 is 2.71 bits per heavy atom. The van der Waals surface area contributed by atoms with Gasteiger partial charge in [0.2, 0.25) is 5.88 Å². The number of nitrogens with zero attached hydrogens (tertiary/aromatic N) is 2. The molecule has 0 aliphatic heterocycles. The minimum Gasteiger partial charge on any atom is -0.438 e. The quantitative estimate of drug-likeness (QED) is 0.794. The van der Waals surface area contributed by atoms with Crippen LogP contribution in [0.4, 0.5) is 4.39 Å². The SMILES string of the molecule is N#Cc1c(F)cccc1Oc1cccc(Br)n1. The highest BCUT2D eigenvalue weighted by Gasteiger charge is 2.10. The summed E-state index contributed by atoms with van der Waals surface area (Å²) in [6.45, 7) is 0. The van der Waals surface area contributed by atoms with Crippen molar-refractivity contribution in [3.8, 4) is 17.7 Å². The maximum Gasteiger partial charge on any atom is 0.220 e. The molecular weight excluding hydrogens is 287 g/mol. The number of aromatic nitrogens is 1. The summed E-state index contributed by atoms with van der Waals surface area (Å²) in [5.41, 5.74) is -0.130. The van der Waals surface area contributed by atoms with E-state index in [0.29, 0.717) is 10.5 Å². The van der Waals surface area contributed by atoms with Gasteiger partial charge in [0.05, 0.1) is 0 Å². The molecule has 0 radical (unpaired) electrons. The zero-order valence-electron chi connectivity index (χ0n) is 8.52. The molecule has 3 nitrogen and oxygen atoms in total. The molecule has 2 rings (SSSR count). The Balaban J connectivity index is 2.37. The Hall–Kier alpha value is -1.93. The molecule has 0 unspecified atom stereocenters. The first kappa shape index (κ1) is 11.6. The summed E-state index contributed by atoms with van der Waals surface area (Å²) in [7, 11) is 0. The van der Waals surface area contributed by atoms with Crippen LogP contribution in [0.2, 0.25) is 0 Å². The van der Waals surface area contributed by atoms with Crippen LogP contribution in [0, 0.1) is 17.1 Å². The molecule has 17 heavy (non-hydrogen) atoms.